The van der Waals surface area contributed by atoms with Crippen LogP contribution in [0.5, 0.6) is 0 Å². The first-order valence-corrected chi connectivity index (χ1v) is 10.2. The van der Waals surface area contributed by atoms with Gasteiger partial charge in [0, 0.05) is 32.7 Å². The van der Waals surface area contributed by atoms with Gasteiger partial charge < -0.3 is 10.2 Å². The van der Waals surface area contributed by atoms with Crippen molar-refractivity contribution < 1.29 is 9.59 Å². The number of hydrogen-bond acceptors (Lipinski definition) is 4. The lowest BCUT2D eigenvalue weighted by atomic mass is 10.1. The van der Waals surface area contributed by atoms with E-state index in [1.54, 1.807) is 6.07 Å². The van der Waals surface area contributed by atoms with E-state index in [2.05, 4.69) is 57.3 Å². The summed E-state index contributed by atoms with van der Waals surface area (Å²) in [5.41, 5.74) is 2.63. The maximum atomic E-state index is 12.3. The van der Waals surface area contributed by atoms with E-state index < -0.39 is 0 Å². The Labute approximate surface area is 166 Å². The molecule has 138 valence electrons. The summed E-state index contributed by atoms with van der Waals surface area (Å²) in [6, 6.07) is 12.0. The molecule has 26 heavy (non-hydrogen) atoms. The third kappa shape index (κ3) is 4.93. The summed E-state index contributed by atoms with van der Waals surface area (Å²) in [7, 11) is 0. The first-order valence-electron chi connectivity index (χ1n) is 8.61. The summed E-state index contributed by atoms with van der Waals surface area (Å²) in [4.78, 5) is 29.2. The number of benzene rings is 1. The molecular formula is C19H22BrN3O2S. The van der Waals surface area contributed by atoms with Crippen molar-refractivity contribution in [2.24, 2.45) is 0 Å². The number of carbonyl (C=O) groups is 2. The molecule has 1 N–H and O–H groups in total. The average molecular weight is 436 g/mol. The van der Waals surface area contributed by atoms with Gasteiger partial charge in [0.1, 0.15) is 0 Å². The smallest absolute Gasteiger partial charge is 0.261 e. The second-order valence-electron chi connectivity index (χ2n) is 6.37. The molecule has 0 saturated carbocycles. The molecule has 3 rings (SSSR count). The van der Waals surface area contributed by atoms with E-state index in [1.807, 2.05) is 11.0 Å². The lowest BCUT2D eigenvalue weighted by molar-refractivity contribution is -0.131. The van der Waals surface area contributed by atoms with Crippen LogP contribution in [-0.4, -0.2) is 54.3 Å². The van der Waals surface area contributed by atoms with Crippen molar-refractivity contribution in [3.8, 4) is 0 Å². The van der Waals surface area contributed by atoms with Crippen LogP contribution >= 0.6 is 27.3 Å². The number of hydrogen-bond donors (Lipinski definition) is 1. The normalized spacial score (nSPS) is 15.1. The van der Waals surface area contributed by atoms with E-state index in [0.717, 1.165) is 23.4 Å². The number of aryl methyl sites for hydroxylation is 1. The number of rotatable bonds is 5. The Morgan fingerprint density at radius 1 is 1.12 bits per heavy atom. The third-order valence-corrected chi connectivity index (χ3v) is 6.20. The largest absolute Gasteiger partial charge is 0.342 e. The van der Waals surface area contributed by atoms with Gasteiger partial charge in [-0.3, -0.25) is 14.5 Å². The summed E-state index contributed by atoms with van der Waals surface area (Å²) in [6.07, 6.45) is 0. The topological polar surface area (TPSA) is 52.6 Å². The molecular weight excluding hydrogens is 414 g/mol. The number of carbonyl (C=O) groups excluding carboxylic acids is 2. The highest BCUT2D eigenvalue weighted by Crippen LogP contribution is 2.21. The molecule has 0 bridgehead atoms. The summed E-state index contributed by atoms with van der Waals surface area (Å²) in [6.45, 7) is 6.20. The first-order chi connectivity index (χ1) is 12.5. The summed E-state index contributed by atoms with van der Waals surface area (Å²) >= 11 is 4.69. The van der Waals surface area contributed by atoms with Gasteiger partial charge in [-0.25, -0.2) is 0 Å². The molecule has 1 aromatic carbocycles. The highest BCUT2D eigenvalue weighted by molar-refractivity contribution is 9.11. The zero-order chi connectivity index (χ0) is 18.5. The Kier molecular flexibility index (Phi) is 6.45. The van der Waals surface area contributed by atoms with Crippen molar-refractivity contribution in [3.63, 3.8) is 0 Å². The van der Waals surface area contributed by atoms with Crippen LogP contribution in [-0.2, 0) is 11.3 Å². The Balaban J connectivity index is 1.43. The van der Waals surface area contributed by atoms with Crippen LogP contribution in [0.1, 0.15) is 20.8 Å². The maximum absolute atomic E-state index is 12.3. The molecule has 1 fully saturated rings. The standard InChI is InChI=1S/C19H22BrN3O2S/c1-14-4-2-3-5-15(14)13-22-8-10-23(11-9-22)18(24)12-21-19(25)16-6-7-17(20)26-16/h2-7H,8-13H2,1H3,(H,21,25). The quantitative estimate of drug-likeness (QED) is 0.785. The van der Waals surface area contributed by atoms with Crippen LogP contribution in [0, 0.1) is 6.92 Å². The fraction of sp³-hybridized carbons (Fsp3) is 0.368. The van der Waals surface area contributed by atoms with Gasteiger partial charge in [0.15, 0.2) is 0 Å². The third-order valence-electron chi connectivity index (χ3n) is 4.58. The van der Waals surface area contributed by atoms with Gasteiger partial charge in [0.05, 0.1) is 15.2 Å². The van der Waals surface area contributed by atoms with Gasteiger partial charge in [-0.05, 0) is 46.1 Å². The summed E-state index contributed by atoms with van der Waals surface area (Å²) < 4.78 is 0.902. The lowest BCUT2D eigenvalue weighted by Gasteiger charge is -2.35. The molecule has 0 atom stereocenters. The molecule has 2 amide bonds. The zero-order valence-corrected chi connectivity index (χ0v) is 17.1. The predicted molar refractivity (Wildman–Crippen MR) is 107 cm³/mol. The number of piperazine rings is 1. The number of halogens is 1. The molecule has 2 aromatic rings. The number of nitrogens with zero attached hydrogens (tertiary/aromatic N) is 2. The van der Waals surface area contributed by atoms with Crippen LogP contribution in [0.15, 0.2) is 40.2 Å². The van der Waals surface area contributed by atoms with Gasteiger partial charge in [-0.15, -0.1) is 11.3 Å². The Morgan fingerprint density at radius 2 is 1.85 bits per heavy atom. The van der Waals surface area contributed by atoms with Crippen molar-refractivity contribution in [2.45, 2.75) is 13.5 Å². The van der Waals surface area contributed by atoms with E-state index in [-0.39, 0.29) is 18.4 Å². The van der Waals surface area contributed by atoms with Gasteiger partial charge in [0.25, 0.3) is 5.91 Å². The molecule has 1 saturated heterocycles. The van der Waals surface area contributed by atoms with E-state index in [4.69, 9.17) is 0 Å². The Hall–Kier alpha value is -1.70. The fourth-order valence-electron chi connectivity index (χ4n) is 2.97. The second-order valence-corrected chi connectivity index (χ2v) is 8.83. The maximum Gasteiger partial charge on any atom is 0.261 e. The lowest BCUT2D eigenvalue weighted by Crippen LogP contribution is -2.50. The minimum atomic E-state index is -0.202. The van der Waals surface area contributed by atoms with Crippen molar-refractivity contribution >= 4 is 39.1 Å². The molecule has 2 heterocycles. The monoisotopic (exact) mass is 435 g/mol. The molecule has 1 aliphatic rings. The minimum absolute atomic E-state index is 0.0236. The SMILES string of the molecule is Cc1ccccc1CN1CCN(C(=O)CNC(=O)c2ccc(Br)s2)CC1. The molecule has 1 aromatic heterocycles. The van der Waals surface area contributed by atoms with Gasteiger partial charge in [0.2, 0.25) is 5.91 Å². The average Bonchev–Trinajstić information content (AvgIpc) is 3.08. The number of thiophene rings is 1. The molecule has 1 aliphatic heterocycles. The highest BCUT2D eigenvalue weighted by Gasteiger charge is 2.22. The van der Waals surface area contributed by atoms with Crippen molar-refractivity contribution in [2.75, 3.05) is 32.7 Å². The van der Waals surface area contributed by atoms with Gasteiger partial charge in [-0.2, -0.15) is 0 Å². The van der Waals surface area contributed by atoms with Crippen LogP contribution in [0.2, 0.25) is 0 Å². The van der Waals surface area contributed by atoms with Crippen molar-refractivity contribution in [1.82, 2.24) is 15.1 Å². The molecule has 0 aliphatic carbocycles. The Morgan fingerprint density at radius 3 is 2.50 bits per heavy atom. The van der Waals surface area contributed by atoms with Crippen LogP contribution in [0.25, 0.3) is 0 Å². The summed E-state index contributed by atoms with van der Waals surface area (Å²) in [5.74, 6) is -0.225. The van der Waals surface area contributed by atoms with E-state index in [1.165, 1.54) is 22.5 Å². The van der Waals surface area contributed by atoms with E-state index >= 15 is 0 Å². The number of nitrogens with one attached hydrogen (secondary N) is 1. The minimum Gasteiger partial charge on any atom is -0.342 e. The number of amides is 2. The van der Waals surface area contributed by atoms with E-state index in [9.17, 15) is 9.59 Å². The zero-order valence-electron chi connectivity index (χ0n) is 14.7. The molecule has 5 nitrogen and oxygen atoms in total. The second kappa shape index (κ2) is 8.79. The molecule has 0 radical (unpaired) electrons. The van der Waals surface area contributed by atoms with Crippen molar-refractivity contribution in [1.29, 1.82) is 0 Å². The molecule has 7 heteroatoms. The van der Waals surface area contributed by atoms with Crippen LogP contribution < -0.4 is 5.32 Å². The van der Waals surface area contributed by atoms with E-state index in [0.29, 0.717) is 18.0 Å². The first kappa shape index (κ1) is 19.1. The van der Waals surface area contributed by atoms with Gasteiger partial charge in [-0.1, -0.05) is 24.3 Å². The van der Waals surface area contributed by atoms with Gasteiger partial charge >= 0.3 is 0 Å². The fourth-order valence-corrected chi connectivity index (χ4v) is 4.28. The summed E-state index contributed by atoms with van der Waals surface area (Å²) in [5, 5.41) is 2.71. The molecule has 0 unspecified atom stereocenters. The predicted octanol–water partition coefficient (Wildman–Crippen LogP) is 2.89. The van der Waals surface area contributed by atoms with Crippen molar-refractivity contribution in [3.05, 3.63) is 56.2 Å². The molecule has 0 spiro atoms. The highest BCUT2D eigenvalue weighted by atomic mass is 79.9. The van der Waals surface area contributed by atoms with Crippen LogP contribution in [0.3, 0.4) is 0 Å². The Bertz CT molecular complexity index is 785. The van der Waals surface area contributed by atoms with Crippen LogP contribution in [0.4, 0.5) is 0 Å².